The first-order chi connectivity index (χ1) is 12.1. The van der Waals surface area contributed by atoms with Crippen molar-refractivity contribution in [2.45, 2.75) is 26.4 Å². The summed E-state index contributed by atoms with van der Waals surface area (Å²) in [6.45, 7) is 4.56. The molecule has 0 radical (unpaired) electrons. The second kappa shape index (κ2) is 7.75. The molecular weight excluding hydrogens is 314 g/mol. The van der Waals surface area contributed by atoms with Gasteiger partial charge in [-0.3, -0.25) is 4.99 Å². The number of guanidine groups is 1. The number of anilines is 1. The molecule has 0 saturated heterocycles. The van der Waals surface area contributed by atoms with Gasteiger partial charge in [0, 0.05) is 24.0 Å². The van der Waals surface area contributed by atoms with Crippen LogP contribution in [0.3, 0.4) is 0 Å². The molecule has 0 saturated carbocycles. The van der Waals surface area contributed by atoms with Crippen LogP contribution in [0.5, 0.6) is 5.75 Å². The van der Waals surface area contributed by atoms with Crippen molar-refractivity contribution in [2.75, 3.05) is 11.9 Å². The maximum Gasteiger partial charge on any atom is 0.193 e. The van der Waals surface area contributed by atoms with Gasteiger partial charge in [-0.15, -0.1) is 0 Å². The molecule has 0 aliphatic heterocycles. The van der Waals surface area contributed by atoms with Crippen molar-refractivity contribution >= 4 is 22.6 Å². The number of rotatable bonds is 6. The third kappa shape index (κ3) is 4.76. The van der Waals surface area contributed by atoms with Crippen LogP contribution in [0, 0.1) is 0 Å². The maximum atomic E-state index is 5.94. The highest BCUT2D eigenvalue weighted by atomic mass is 16.5. The second-order valence-electron chi connectivity index (χ2n) is 6.08. The van der Waals surface area contributed by atoms with Crippen LogP contribution in [-0.2, 0) is 6.42 Å². The zero-order chi connectivity index (χ0) is 17.6. The number of para-hydroxylation sites is 1. The van der Waals surface area contributed by atoms with Gasteiger partial charge in [-0.2, -0.15) is 0 Å². The van der Waals surface area contributed by atoms with Crippen LogP contribution in [0.1, 0.15) is 19.6 Å². The largest absolute Gasteiger partial charge is 0.491 e. The minimum absolute atomic E-state index is 0.156. The average molecular weight is 337 g/mol. The van der Waals surface area contributed by atoms with Crippen LogP contribution in [-0.4, -0.2) is 18.6 Å². The van der Waals surface area contributed by atoms with E-state index in [2.05, 4.69) is 10.3 Å². The third-order valence-electron chi connectivity index (χ3n) is 3.62. The van der Waals surface area contributed by atoms with E-state index in [1.54, 1.807) is 0 Å². The van der Waals surface area contributed by atoms with Crippen molar-refractivity contribution in [1.29, 1.82) is 0 Å². The lowest BCUT2D eigenvalue weighted by Crippen LogP contribution is -2.23. The number of nitrogens with zero attached hydrogens (tertiary/aromatic N) is 1. The van der Waals surface area contributed by atoms with Crippen molar-refractivity contribution < 1.29 is 9.15 Å². The van der Waals surface area contributed by atoms with Crippen molar-refractivity contribution in [3.05, 3.63) is 60.4 Å². The standard InChI is InChI=1S/C20H23N3O2/c1-14(2)24-17-9-7-16(8-10-17)23-20(21)22-12-11-18-13-15-5-3-4-6-19(15)25-18/h3-10,13-14H,11-12H2,1-2H3,(H3,21,22,23). The Morgan fingerprint density at radius 3 is 2.64 bits per heavy atom. The summed E-state index contributed by atoms with van der Waals surface area (Å²) in [5.74, 6) is 2.13. The Kier molecular flexibility index (Phi) is 5.23. The molecule has 3 rings (SSSR count). The monoisotopic (exact) mass is 337 g/mol. The fraction of sp³-hybridized carbons (Fsp3) is 0.250. The predicted octanol–water partition coefficient (Wildman–Crippen LogP) is 4.19. The summed E-state index contributed by atoms with van der Waals surface area (Å²) in [6, 6.07) is 17.7. The summed E-state index contributed by atoms with van der Waals surface area (Å²) in [4.78, 5) is 4.35. The summed E-state index contributed by atoms with van der Waals surface area (Å²) in [5.41, 5.74) is 7.72. The van der Waals surface area contributed by atoms with E-state index < -0.39 is 0 Å². The molecule has 1 heterocycles. The lowest BCUT2D eigenvalue weighted by molar-refractivity contribution is 0.242. The first-order valence-electron chi connectivity index (χ1n) is 8.41. The summed E-state index contributed by atoms with van der Waals surface area (Å²) in [7, 11) is 0. The fourth-order valence-electron chi connectivity index (χ4n) is 2.52. The summed E-state index contributed by atoms with van der Waals surface area (Å²) >= 11 is 0. The molecule has 0 atom stereocenters. The molecule has 0 aliphatic rings. The van der Waals surface area contributed by atoms with Gasteiger partial charge in [0.1, 0.15) is 17.1 Å². The molecule has 5 heteroatoms. The molecule has 25 heavy (non-hydrogen) atoms. The van der Waals surface area contributed by atoms with Gasteiger partial charge in [-0.05, 0) is 50.2 Å². The van der Waals surface area contributed by atoms with E-state index in [1.807, 2.05) is 68.4 Å². The molecule has 3 N–H and O–H groups in total. The Labute approximate surface area is 147 Å². The molecule has 2 aromatic carbocycles. The third-order valence-corrected chi connectivity index (χ3v) is 3.62. The molecule has 0 aliphatic carbocycles. The normalized spacial score (nSPS) is 11.9. The zero-order valence-corrected chi connectivity index (χ0v) is 14.5. The number of hydrogen-bond donors (Lipinski definition) is 2. The maximum absolute atomic E-state index is 5.94. The summed E-state index contributed by atoms with van der Waals surface area (Å²) < 4.78 is 11.4. The Hall–Kier alpha value is -2.95. The van der Waals surface area contributed by atoms with E-state index >= 15 is 0 Å². The highest BCUT2D eigenvalue weighted by molar-refractivity contribution is 5.92. The molecule has 0 amide bonds. The van der Waals surface area contributed by atoms with Gasteiger partial charge in [0.2, 0.25) is 0 Å². The van der Waals surface area contributed by atoms with Crippen LogP contribution in [0.4, 0.5) is 5.69 Å². The first kappa shape index (κ1) is 16.9. The number of ether oxygens (including phenoxy) is 1. The second-order valence-corrected chi connectivity index (χ2v) is 6.08. The van der Waals surface area contributed by atoms with Gasteiger partial charge in [0.15, 0.2) is 5.96 Å². The van der Waals surface area contributed by atoms with Crippen LogP contribution in [0.15, 0.2) is 64.0 Å². The van der Waals surface area contributed by atoms with Crippen LogP contribution >= 0.6 is 0 Å². The van der Waals surface area contributed by atoms with Gasteiger partial charge in [0.25, 0.3) is 0 Å². The fourth-order valence-corrected chi connectivity index (χ4v) is 2.52. The smallest absolute Gasteiger partial charge is 0.193 e. The Morgan fingerprint density at radius 1 is 1.16 bits per heavy atom. The van der Waals surface area contributed by atoms with E-state index in [-0.39, 0.29) is 6.10 Å². The van der Waals surface area contributed by atoms with Gasteiger partial charge >= 0.3 is 0 Å². The molecule has 5 nitrogen and oxygen atoms in total. The van der Waals surface area contributed by atoms with Gasteiger partial charge in [0.05, 0.1) is 6.10 Å². The number of hydrogen-bond acceptors (Lipinski definition) is 3. The SMILES string of the molecule is CC(C)Oc1ccc(NC(N)=NCCc2cc3ccccc3o2)cc1. The van der Waals surface area contributed by atoms with Crippen LogP contribution < -0.4 is 15.8 Å². The lowest BCUT2D eigenvalue weighted by atomic mass is 10.2. The molecule has 130 valence electrons. The number of furan rings is 1. The van der Waals surface area contributed by atoms with E-state index in [4.69, 9.17) is 14.9 Å². The van der Waals surface area contributed by atoms with Gasteiger partial charge in [-0.25, -0.2) is 0 Å². The molecule has 1 aromatic heterocycles. The Balaban J connectivity index is 1.53. The highest BCUT2D eigenvalue weighted by Crippen LogP contribution is 2.19. The van der Waals surface area contributed by atoms with Crippen LogP contribution in [0.2, 0.25) is 0 Å². The van der Waals surface area contributed by atoms with E-state index in [9.17, 15) is 0 Å². The van der Waals surface area contributed by atoms with Crippen molar-refractivity contribution in [3.63, 3.8) is 0 Å². The zero-order valence-electron chi connectivity index (χ0n) is 14.5. The topological polar surface area (TPSA) is 72.8 Å². The van der Waals surface area contributed by atoms with E-state index in [1.165, 1.54) is 0 Å². The number of fused-ring (bicyclic) bond motifs is 1. The minimum Gasteiger partial charge on any atom is -0.491 e. The first-order valence-corrected chi connectivity index (χ1v) is 8.41. The molecular formula is C20H23N3O2. The van der Waals surface area contributed by atoms with Crippen LogP contribution in [0.25, 0.3) is 11.0 Å². The van der Waals surface area contributed by atoms with Gasteiger partial charge in [-0.1, -0.05) is 18.2 Å². The highest BCUT2D eigenvalue weighted by Gasteiger charge is 2.03. The number of nitrogens with two attached hydrogens (primary N) is 1. The van der Waals surface area contributed by atoms with Crippen molar-refractivity contribution in [3.8, 4) is 5.75 Å². The number of nitrogens with one attached hydrogen (secondary N) is 1. The van der Waals surface area contributed by atoms with Crippen molar-refractivity contribution in [2.24, 2.45) is 10.7 Å². The van der Waals surface area contributed by atoms with Gasteiger partial charge < -0.3 is 20.2 Å². The predicted molar refractivity (Wildman–Crippen MR) is 102 cm³/mol. The Morgan fingerprint density at radius 2 is 1.92 bits per heavy atom. The Bertz CT molecular complexity index is 818. The van der Waals surface area contributed by atoms with E-state index in [0.29, 0.717) is 18.9 Å². The summed E-state index contributed by atoms with van der Waals surface area (Å²) in [6.07, 6.45) is 0.863. The molecule has 0 spiro atoms. The summed E-state index contributed by atoms with van der Waals surface area (Å²) in [5, 5.41) is 4.18. The molecule has 0 unspecified atom stereocenters. The lowest BCUT2D eigenvalue weighted by Gasteiger charge is -2.10. The average Bonchev–Trinajstić information content (AvgIpc) is 2.99. The molecule has 0 fully saturated rings. The molecule has 0 bridgehead atoms. The minimum atomic E-state index is 0.156. The number of aliphatic imine (C=N–C) groups is 1. The number of benzene rings is 2. The van der Waals surface area contributed by atoms with E-state index in [0.717, 1.165) is 28.2 Å². The molecule has 3 aromatic rings. The quantitative estimate of drug-likeness (QED) is 0.522. The van der Waals surface area contributed by atoms with Crippen molar-refractivity contribution in [1.82, 2.24) is 0 Å².